The number of carbonyl (C=O) groups excluding carboxylic acids is 1. The summed E-state index contributed by atoms with van der Waals surface area (Å²) in [5.41, 5.74) is 2.38. The first kappa shape index (κ1) is 15.0. The van der Waals surface area contributed by atoms with E-state index in [9.17, 15) is 4.79 Å². The molecule has 2 heterocycles. The van der Waals surface area contributed by atoms with E-state index in [1.54, 1.807) is 0 Å². The fraction of sp³-hybridized carbons (Fsp3) is 0.588. The van der Waals surface area contributed by atoms with Crippen molar-refractivity contribution in [3.05, 3.63) is 28.2 Å². The van der Waals surface area contributed by atoms with Crippen molar-refractivity contribution >= 4 is 27.5 Å². The number of carbonyl (C=O) groups is 1. The second kappa shape index (κ2) is 6.09. The molecule has 0 saturated carbocycles. The minimum Gasteiger partial charge on any atom is -0.310 e. The Bertz CT molecular complexity index is 544. The van der Waals surface area contributed by atoms with Crippen LogP contribution in [0.5, 0.6) is 0 Å². The summed E-state index contributed by atoms with van der Waals surface area (Å²) in [6.07, 6.45) is 3.10. The van der Waals surface area contributed by atoms with Gasteiger partial charge in [-0.3, -0.25) is 9.69 Å². The number of fused-ring (bicyclic) bond motifs is 1. The van der Waals surface area contributed by atoms with Crippen LogP contribution in [0, 0.1) is 5.92 Å². The van der Waals surface area contributed by atoms with Gasteiger partial charge in [0.1, 0.15) is 0 Å². The minimum absolute atomic E-state index is 0.0809. The highest BCUT2D eigenvalue weighted by Crippen LogP contribution is 2.35. The zero-order valence-electron chi connectivity index (χ0n) is 12.8. The van der Waals surface area contributed by atoms with Crippen molar-refractivity contribution in [2.45, 2.75) is 39.2 Å². The van der Waals surface area contributed by atoms with Gasteiger partial charge in [-0.05, 0) is 49.4 Å². The van der Waals surface area contributed by atoms with Gasteiger partial charge in [-0.25, -0.2) is 0 Å². The van der Waals surface area contributed by atoms with Crippen LogP contribution < -0.4 is 4.90 Å². The van der Waals surface area contributed by atoms with Crippen LogP contribution in [-0.2, 0) is 11.2 Å². The van der Waals surface area contributed by atoms with Crippen LogP contribution in [-0.4, -0.2) is 36.5 Å². The van der Waals surface area contributed by atoms with Crippen LogP contribution >= 0.6 is 15.9 Å². The Kier molecular flexibility index (Phi) is 4.36. The van der Waals surface area contributed by atoms with Gasteiger partial charge in [0.05, 0.1) is 6.04 Å². The highest BCUT2D eigenvalue weighted by Gasteiger charge is 2.36. The first-order valence-corrected chi connectivity index (χ1v) is 8.70. The van der Waals surface area contributed by atoms with E-state index in [0.717, 1.165) is 49.1 Å². The molecule has 114 valence electrons. The van der Waals surface area contributed by atoms with Crippen LogP contribution in [0.1, 0.15) is 32.3 Å². The Morgan fingerprint density at radius 1 is 1.38 bits per heavy atom. The van der Waals surface area contributed by atoms with Gasteiger partial charge >= 0.3 is 0 Å². The Morgan fingerprint density at radius 3 is 2.95 bits per heavy atom. The van der Waals surface area contributed by atoms with Gasteiger partial charge in [-0.15, -0.1) is 0 Å². The number of anilines is 1. The quantitative estimate of drug-likeness (QED) is 0.833. The fourth-order valence-electron chi connectivity index (χ4n) is 3.59. The predicted octanol–water partition coefficient (Wildman–Crippen LogP) is 3.46. The molecule has 0 bridgehead atoms. The summed E-state index contributed by atoms with van der Waals surface area (Å²) in [5, 5.41) is 0. The van der Waals surface area contributed by atoms with Crippen LogP contribution in [0.15, 0.2) is 22.7 Å². The normalized spacial score (nSPS) is 22.1. The topological polar surface area (TPSA) is 23.6 Å². The molecule has 21 heavy (non-hydrogen) atoms. The molecule has 0 radical (unpaired) electrons. The summed E-state index contributed by atoms with van der Waals surface area (Å²) >= 11 is 3.60. The molecule has 0 aliphatic carbocycles. The molecular formula is C17H23BrN2O. The second-order valence-electron chi connectivity index (χ2n) is 6.52. The maximum Gasteiger partial charge on any atom is 0.244 e. The lowest BCUT2D eigenvalue weighted by molar-refractivity contribution is -0.122. The largest absolute Gasteiger partial charge is 0.310 e. The van der Waals surface area contributed by atoms with Crippen LogP contribution in [0.4, 0.5) is 5.69 Å². The van der Waals surface area contributed by atoms with Gasteiger partial charge in [0.25, 0.3) is 0 Å². The van der Waals surface area contributed by atoms with Gasteiger partial charge < -0.3 is 4.90 Å². The molecule has 1 aromatic rings. The number of nitrogens with zero attached hydrogens (tertiary/aromatic N) is 2. The molecule has 2 aliphatic heterocycles. The van der Waals surface area contributed by atoms with Crippen LogP contribution in [0.3, 0.4) is 0 Å². The van der Waals surface area contributed by atoms with Crippen LogP contribution in [0.25, 0.3) is 0 Å². The van der Waals surface area contributed by atoms with Crippen molar-refractivity contribution in [3.8, 4) is 0 Å². The first-order valence-electron chi connectivity index (χ1n) is 7.90. The molecule has 1 saturated heterocycles. The summed E-state index contributed by atoms with van der Waals surface area (Å²) < 4.78 is 1.13. The molecule has 1 amide bonds. The van der Waals surface area contributed by atoms with Crippen LogP contribution in [0.2, 0.25) is 0 Å². The van der Waals surface area contributed by atoms with Crippen molar-refractivity contribution in [1.82, 2.24) is 4.90 Å². The third-order valence-electron chi connectivity index (χ3n) is 4.48. The number of hydrogen-bond donors (Lipinski definition) is 0. The first-order chi connectivity index (χ1) is 10.1. The van der Waals surface area contributed by atoms with E-state index in [-0.39, 0.29) is 6.04 Å². The van der Waals surface area contributed by atoms with E-state index in [0.29, 0.717) is 11.8 Å². The van der Waals surface area contributed by atoms with Gasteiger partial charge in [0.15, 0.2) is 0 Å². The monoisotopic (exact) mass is 350 g/mol. The van der Waals surface area contributed by atoms with Gasteiger partial charge in [-0.1, -0.05) is 35.8 Å². The molecule has 1 atom stereocenters. The number of halogens is 1. The third kappa shape index (κ3) is 2.88. The molecule has 2 aliphatic rings. The lowest BCUT2D eigenvalue weighted by Gasteiger charge is -2.29. The van der Waals surface area contributed by atoms with E-state index < -0.39 is 0 Å². The number of rotatable bonds is 3. The molecule has 0 aromatic heterocycles. The minimum atomic E-state index is 0.0809. The Morgan fingerprint density at radius 2 is 2.19 bits per heavy atom. The number of amides is 1. The lowest BCUT2D eigenvalue weighted by Crippen LogP contribution is -2.46. The maximum absolute atomic E-state index is 13.0. The Hall–Kier alpha value is -0.870. The number of hydrogen-bond acceptors (Lipinski definition) is 2. The summed E-state index contributed by atoms with van der Waals surface area (Å²) in [5.74, 6) is 0.906. The van der Waals surface area contributed by atoms with Gasteiger partial charge in [0, 0.05) is 23.2 Å². The Labute approximate surface area is 135 Å². The summed E-state index contributed by atoms with van der Waals surface area (Å²) in [6, 6.07) is 6.24. The van der Waals surface area contributed by atoms with Crippen molar-refractivity contribution in [1.29, 1.82) is 0 Å². The average Bonchev–Trinajstić information content (AvgIpc) is 3.04. The van der Waals surface area contributed by atoms with E-state index in [1.165, 1.54) is 5.56 Å². The number of benzene rings is 1. The second-order valence-corrected chi connectivity index (χ2v) is 7.38. The van der Waals surface area contributed by atoms with Gasteiger partial charge in [-0.2, -0.15) is 0 Å². The van der Waals surface area contributed by atoms with Crippen molar-refractivity contribution in [3.63, 3.8) is 0 Å². The van der Waals surface area contributed by atoms with Crippen molar-refractivity contribution < 1.29 is 4.79 Å². The molecule has 0 unspecified atom stereocenters. The standard InChI is InChI=1S/C17H23BrN2O/c1-12(2)11-19-9-4-7-16(19)17(21)20-10-8-13-14(18)5-3-6-15(13)20/h3,5-6,12,16H,4,7-11H2,1-2H3/t16-/m0/s1. The Balaban J connectivity index is 1.79. The van der Waals surface area contributed by atoms with Gasteiger partial charge in [0.2, 0.25) is 5.91 Å². The highest BCUT2D eigenvalue weighted by molar-refractivity contribution is 9.10. The summed E-state index contributed by atoms with van der Waals surface area (Å²) in [4.78, 5) is 17.4. The average molecular weight is 351 g/mol. The third-order valence-corrected chi connectivity index (χ3v) is 5.23. The van der Waals surface area contributed by atoms with E-state index in [2.05, 4.69) is 46.8 Å². The molecule has 0 spiro atoms. The van der Waals surface area contributed by atoms with E-state index in [4.69, 9.17) is 0 Å². The van der Waals surface area contributed by atoms with Crippen molar-refractivity contribution in [2.24, 2.45) is 5.92 Å². The highest BCUT2D eigenvalue weighted by atomic mass is 79.9. The zero-order valence-corrected chi connectivity index (χ0v) is 14.4. The zero-order chi connectivity index (χ0) is 15.0. The molecule has 1 aromatic carbocycles. The molecular weight excluding hydrogens is 328 g/mol. The van der Waals surface area contributed by atoms with E-state index >= 15 is 0 Å². The molecule has 4 heteroatoms. The maximum atomic E-state index is 13.0. The lowest BCUT2D eigenvalue weighted by atomic mass is 10.1. The molecule has 0 N–H and O–H groups in total. The fourth-order valence-corrected chi connectivity index (χ4v) is 4.15. The van der Waals surface area contributed by atoms with E-state index in [1.807, 2.05) is 11.0 Å². The number of likely N-dealkylation sites (tertiary alicyclic amines) is 1. The predicted molar refractivity (Wildman–Crippen MR) is 89.6 cm³/mol. The molecule has 1 fully saturated rings. The molecule has 3 nitrogen and oxygen atoms in total. The summed E-state index contributed by atoms with van der Waals surface area (Å²) in [6.45, 7) is 7.36. The van der Waals surface area contributed by atoms with Crippen molar-refractivity contribution in [2.75, 3.05) is 24.5 Å². The molecule has 3 rings (SSSR count). The summed E-state index contributed by atoms with van der Waals surface area (Å²) in [7, 11) is 0. The smallest absolute Gasteiger partial charge is 0.244 e. The SMILES string of the molecule is CC(C)CN1CCC[C@H]1C(=O)N1CCc2c(Br)cccc21.